The van der Waals surface area contributed by atoms with Gasteiger partial charge in [-0.05, 0) is 25.1 Å². The van der Waals surface area contributed by atoms with E-state index in [2.05, 4.69) is 22.4 Å². The molecule has 0 aliphatic rings. The number of benzene rings is 1. The average molecular weight is 292 g/mol. The molecule has 0 bridgehead atoms. The highest BCUT2D eigenvalue weighted by Crippen LogP contribution is 2.28. The summed E-state index contributed by atoms with van der Waals surface area (Å²) in [6.45, 7) is 5.68. The minimum atomic E-state index is -0.385. The van der Waals surface area contributed by atoms with Crippen LogP contribution in [-0.4, -0.2) is 28.2 Å². The molecule has 0 aliphatic carbocycles. The Bertz CT molecular complexity index is 612. The number of aryl methyl sites for hydroxylation is 1. The van der Waals surface area contributed by atoms with E-state index in [-0.39, 0.29) is 10.6 Å². The molecule has 0 amide bonds. The van der Waals surface area contributed by atoms with Gasteiger partial charge in [0.15, 0.2) is 0 Å². The van der Waals surface area contributed by atoms with Crippen molar-refractivity contribution in [2.24, 2.45) is 0 Å². The van der Waals surface area contributed by atoms with Crippen molar-refractivity contribution in [3.05, 3.63) is 38.9 Å². The van der Waals surface area contributed by atoms with E-state index in [4.69, 9.17) is 0 Å². The summed E-state index contributed by atoms with van der Waals surface area (Å²) < 4.78 is 0. The number of non-ortho nitro benzene ring substituents is 1. The monoisotopic (exact) mass is 292 g/mol. The van der Waals surface area contributed by atoms with Gasteiger partial charge < -0.3 is 5.32 Å². The summed E-state index contributed by atoms with van der Waals surface area (Å²) in [5.41, 5.74) is 1.69. The zero-order chi connectivity index (χ0) is 14.5. The predicted molar refractivity (Wildman–Crippen MR) is 79.0 cm³/mol. The van der Waals surface area contributed by atoms with Crippen LogP contribution < -0.4 is 5.32 Å². The van der Waals surface area contributed by atoms with Crippen LogP contribution in [0.5, 0.6) is 0 Å². The van der Waals surface area contributed by atoms with Crippen molar-refractivity contribution in [3.63, 3.8) is 0 Å². The third kappa shape index (κ3) is 3.58. The van der Waals surface area contributed by atoms with E-state index in [1.54, 1.807) is 12.1 Å². The number of nitro groups is 1. The molecule has 0 aliphatic heterocycles. The van der Waals surface area contributed by atoms with Gasteiger partial charge in [-0.3, -0.25) is 10.1 Å². The largest absolute Gasteiger partial charge is 0.317 e. The number of rotatable bonds is 6. The van der Waals surface area contributed by atoms with Gasteiger partial charge >= 0.3 is 0 Å². The molecule has 2 aromatic rings. The van der Waals surface area contributed by atoms with Gasteiger partial charge in [0.25, 0.3) is 5.69 Å². The van der Waals surface area contributed by atoms with Gasteiger partial charge in [0.2, 0.25) is 0 Å². The first-order chi connectivity index (χ1) is 9.60. The van der Waals surface area contributed by atoms with Crippen molar-refractivity contribution in [2.75, 3.05) is 13.1 Å². The fraction of sp³-hybridized carbons (Fsp3) is 0.385. The van der Waals surface area contributed by atoms with E-state index in [0.717, 1.165) is 40.7 Å². The lowest BCUT2D eigenvalue weighted by atomic mass is 10.1. The van der Waals surface area contributed by atoms with E-state index in [1.165, 1.54) is 11.3 Å². The highest BCUT2D eigenvalue weighted by Gasteiger charge is 2.12. The van der Waals surface area contributed by atoms with Gasteiger partial charge in [0.05, 0.1) is 4.92 Å². The van der Waals surface area contributed by atoms with E-state index in [1.807, 2.05) is 13.0 Å². The Morgan fingerprint density at radius 3 is 2.85 bits per heavy atom. The summed E-state index contributed by atoms with van der Waals surface area (Å²) in [5, 5.41) is 24.0. The van der Waals surface area contributed by atoms with Crippen LogP contribution in [-0.2, 0) is 6.42 Å². The molecule has 0 saturated carbocycles. The topological polar surface area (TPSA) is 81.0 Å². The van der Waals surface area contributed by atoms with Crippen LogP contribution in [0.3, 0.4) is 0 Å². The predicted octanol–water partition coefficient (Wildman–Crippen LogP) is 2.57. The van der Waals surface area contributed by atoms with E-state index in [0.29, 0.717) is 0 Å². The maximum Gasteiger partial charge on any atom is 0.270 e. The van der Waals surface area contributed by atoms with Gasteiger partial charge in [-0.25, -0.2) is 0 Å². The van der Waals surface area contributed by atoms with Crippen LogP contribution in [0.2, 0.25) is 0 Å². The van der Waals surface area contributed by atoms with Crippen LogP contribution in [0.4, 0.5) is 5.69 Å². The Balaban J connectivity index is 2.21. The first-order valence-corrected chi connectivity index (χ1v) is 7.21. The number of nitro benzene ring substituents is 1. The molecule has 7 heteroatoms. The molecule has 1 aromatic carbocycles. The molecular weight excluding hydrogens is 276 g/mol. The molecule has 0 atom stereocenters. The third-order valence-electron chi connectivity index (χ3n) is 2.75. The molecule has 0 saturated heterocycles. The summed E-state index contributed by atoms with van der Waals surface area (Å²) >= 11 is 1.48. The van der Waals surface area contributed by atoms with Gasteiger partial charge in [0.1, 0.15) is 10.0 Å². The summed E-state index contributed by atoms with van der Waals surface area (Å²) in [6.07, 6.45) is 0.819. The van der Waals surface area contributed by atoms with E-state index < -0.39 is 0 Å². The molecule has 106 valence electrons. The Hall–Kier alpha value is -1.86. The lowest BCUT2D eigenvalue weighted by Crippen LogP contribution is -2.15. The van der Waals surface area contributed by atoms with Crippen molar-refractivity contribution in [3.8, 4) is 10.6 Å². The highest BCUT2D eigenvalue weighted by atomic mass is 32.1. The normalized spacial score (nSPS) is 10.7. The fourth-order valence-corrected chi connectivity index (χ4v) is 2.66. The molecule has 2 rings (SSSR count). The molecule has 6 nitrogen and oxygen atoms in total. The standard InChI is InChI=1S/C13H16N4O2S/c1-3-14-5-4-12-15-16-13(20-12)10-6-9(2)7-11(8-10)17(18)19/h6-8,14H,3-5H2,1-2H3. The zero-order valence-electron chi connectivity index (χ0n) is 11.4. The van der Waals surface area contributed by atoms with Gasteiger partial charge in [-0.2, -0.15) is 0 Å². The number of hydrogen-bond acceptors (Lipinski definition) is 6. The lowest BCUT2D eigenvalue weighted by Gasteiger charge is -1.99. The molecule has 20 heavy (non-hydrogen) atoms. The Kier molecular flexibility index (Phi) is 4.75. The number of nitrogens with one attached hydrogen (secondary N) is 1. The summed E-state index contributed by atoms with van der Waals surface area (Å²) in [6, 6.07) is 4.99. The van der Waals surface area contributed by atoms with Crippen molar-refractivity contribution in [2.45, 2.75) is 20.3 Å². The second-order valence-electron chi connectivity index (χ2n) is 4.42. The van der Waals surface area contributed by atoms with Crippen LogP contribution in [0.15, 0.2) is 18.2 Å². The number of hydrogen-bond donors (Lipinski definition) is 1. The molecule has 0 radical (unpaired) electrons. The van der Waals surface area contributed by atoms with Crippen LogP contribution in [0.25, 0.3) is 10.6 Å². The van der Waals surface area contributed by atoms with Crippen molar-refractivity contribution in [1.29, 1.82) is 0 Å². The number of aromatic nitrogens is 2. The zero-order valence-corrected chi connectivity index (χ0v) is 12.2. The molecule has 0 unspecified atom stereocenters. The average Bonchev–Trinajstić information content (AvgIpc) is 2.87. The van der Waals surface area contributed by atoms with Gasteiger partial charge in [0, 0.05) is 30.7 Å². The van der Waals surface area contributed by atoms with Gasteiger partial charge in [-0.1, -0.05) is 18.3 Å². The second-order valence-corrected chi connectivity index (χ2v) is 5.48. The van der Waals surface area contributed by atoms with Crippen LogP contribution in [0, 0.1) is 17.0 Å². The van der Waals surface area contributed by atoms with Crippen molar-refractivity contribution in [1.82, 2.24) is 15.5 Å². The molecular formula is C13H16N4O2S. The molecule has 1 N–H and O–H groups in total. The van der Waals surface area contributed by atoms with E-state index in [9.17, 15) is 10.1 Å². The van der Waals surface area contributed by atoms with E-state index >= 15 is 0 Å². The van der Waals surface area contributed by atoms with Crippen LogP contribution in [0.1, 0.15) is 17.5 Å². The third-order valence-corrected chi connectivity index (χ3v) is 3.78. The fourth-order valence-electron chi connectivity index (χ4n) is 1.84. The quantitative estimate of drug-likeness (QED) is 0.503. The summed E-state index contributed by atoms with van der Waals surface area (Å²) in [4.78, 5) is 10.5. The van der Waals surface area contributed by atoms with Crippen molar-refractivity contribution >= 4 is 17.0 Å². The molecule has 1 aromatic heterocycles. The Labute approximate surface area is 121 Å². The smallest absolute Gasteiger partial charge is 0.270 e. The SMILES string of the molecule is CCNCCc1nnc(-c2cc(C)cc([N+](=O)[O-])c2)s1. The summed E-state index contributed by atoms with van der Waals surface area (Å²) in [5.74, 6) is 0. The first kappa shape index (κ1) is 14.5. The van der Waals surface area contributed by atoms with Crippen molar-refractivity contribution < 1.29 is 4.92 Å². The molecule has 0 fully saturated rings. The molecule has 0 spiro atoms. The number of nitrogens with zero attached hydrogens (tertiary/aromatic N) is 3. The Morgan fingerprint density at radius 2 is 2.15 bits per heavy atom. The summed E-state index contributed by atoms with van der Waals surface area (Å²) in [7, 11) is 0. The maximum absolute atomic E-state index is 10.9. The maximum atomic E-state index is 10.9. The minimum Gasteiger partial charge on any atom is -0.317 e. The second kappa shape index (κ2) is 6.53. The Morgan fingerprint density at radius 1 is 1.35 bits per heavy atom. The number of likely N-dealkylation sites (N-methyl/N-ethyl adjacent to an activating group) is 1. The minimum absolute atomic E-state index is 0.0874. The highest BCUT2D eigenvalue weighted by molar-refractivity contribution is 7.14. The van der Waals surface area contributed by atoms with Gasteiger partial charge in [-0.15, -0.1) is 10.2 Å². The lowest BCUT2D eigenvalue weighted by molar-refractivity contribution is -0.384. The van der Waals surface area contributed by atoms with Crippen LogP contribution >= 0.6 is 11.3 Å². The first-order valence-electron chi connectivity index (χ1n) is 6.39. The molecule has 1 heterocycles.